The first-order valence-corrected chi connectivity index (χ1v) is 8.59. The van der Waals surface area contributed by atoms with Crippen LogP contribution in [0.2, 0.25) is 0 Å². The van der Waals surface area contributed by atoms with Gasteiger partial charge in [0.2, 0.25) is 5.91 Å². The van der Waals surface area contributed by atoms with Crippen LogP contribution in [0.15, 0.2) is 4.99 Å². The summed E-state index contributed by atoms with van der Waals surface area (Å²) in [7, 11) is 1.75. The molecule has 0 bridgehead atoms. The van der Waals surface area contributed by atoms with Crippen molar-refractivity contribution in [1.29, 1.82) is 0 Å². The number of nitrogens with zero attached hydrogens (tertiary/aromatic N) is 1. The van der Waals surface area contributed by atoms with E-state index in [1.165, 1.54) is 12.2 Å². The van der Waals surface area contributed by atoms with Gasteiger partial charge in [-0.05, 0) is 45.6 Å². The van der Waals surface area contributed by atoms with Crippen LogP contribution in [0.4, 0.5) is 0 Å². The van der Waals surface area contributed by atoms with E-state index >= 15 is 0 Å². The van der Waals surface area contributed by atoms with E-state index in [1.54, 1.807) is 7.05 Å². The summed E-state index contributed by atoms with van der Waals surface area (Å²) < 4.78 is 0. The van der Waals surface area contributed by atoms with Crippen LogP contribution < -0.4 is 16.0 Å². The highest BCUT2D eigenvalue weighted by atomic mass is 127. The molecule has 0 aliphatic carbocycles. The number of hydrogen-bond donors (Lipinski definition) is 3. The summed E-state index contributed by atoms with van der Waals surface area (Å²) in [5, 5.41) is 9.33. The lowest BCUT2D eigenvalue weighted by Gasteiger charge is -2.24. The zero-order valence-corrected chi connectivity index (χ0v) is 17.1. The minimum Gasteiger partial charge on any atom is -0.356 e. The number of carbonyl (C=O) groups is 1. The minimum absolute atomic E-state index is 0. The standard InChI is InChI=1S/C14H30N4OS.HI/c1-6-16-12(19)14(2,3)11-18-13(15-4)17-9-7-8-10-20-5;/h6-11H2,1-5H3,(H,16,19)(H2,15,17,18);1H. The molecule has 0 aliphatic rings. The molecule has 0 radical (unpaired) electrons. The van der Waals surface area contributed by atoms with E-state index < -0.39 is 5.41 Å². The smallest absolute Gasteiger partial charge is 0.227 e. The number of thioether (sulfide) groups is 1. The third-order valence-corrected chi connectivity index (χ3v) is 3.64. The number of rotatable bonds is 9. The van der Waals surface area contributed by atoms with Crippen molar-refractivity contribution in [3.63, 3.8) is 0 Å². The second-order valence-electron chi connectivity index (χ2n) is 5.30. The molecule has 0 fully saturated rings. The molecule has 1 amide bonds. The summed E-state index contributed by atoms with van der Waals surface area (Å²) in [6.45, 7) is 7.90. The van der Waals surface area contributed by atoms with E-state index in [0.717, 1.165) is 18.9 Å². The molecule has 5 nitrogen and oxygen atoms in total. The van der Waals surface area contributed by atoms with Gasteiger partial charge < -0.3 is 16.0 Å². The first-order valence-electron chi connectivity index (χ1n) is 7.19. The SMILES string of the molecule is CCNC(=O)C(C)(C)CNC(=NC)NCCCCSC.I. The van der Waals surface area contributed by atoms with E-state index in [4.69, 9.17) is 0 Å². The lowest BCUT2D eigenvalue weighted by Crippen LogP contribution is -2.48. The Hall–Kier alpha value is -0.180. The number of halogens is 1. The molecule has 0 atom stereocenters. The van der Waals surface area contributed by atoms with Gasteiger partial charge in [0, 0.05) is 26.7 Å². The molecule has 3 N–H and O–H groups in total. The van der Waals surface area contributed by atoms with Crippen LogP contribution in [0.3, 0.4) is 0 Å². The zero-order valence-electron chi connectivity index (χ0n) is 13.9. The van der Waals surface area contributed by atoms with Gasteiger partial charge in [-0.1, -0.05) is 0 Å². The van der Waals surface area contributed by atoms with Gasteiger partial charge >= 0.3 is 0 Å². The predicted molar refractivity (Wildman–Crippen MR) is 105 cm³/mol. The van der Waals surface area contributed by atoms with Crippen molar-refractivity contribution >= 4 is 47.6 Å². The molecule has 0 saturated heterocycles. The fourth-order valence-electron chi connectivity index (χ4n) is 1.58. The average molecular weight is 430 g/mol. The number of guanidine groups is 1. The zero-order chi connectivity index (χ0) is 15.4. The maximum atomic E-state index is 11.9. The van der Waals surface area contributed by atoms with Gasteiger partial charge in [0.15, 0.2) is 5.96 Å². The van der Waals surface area contributed by atoms with Gasteiger partial charge in [0.25, 0.3) is 0 Å². The summed E-state index contributed by atoms with van der Waals surface area (Å²) in [4.78, 5) is 16.1. The number of carbonyl (C=O) groups excluding carboxylic acids is 1. The Bertz CT molecular complexity index is 311. The van der Waals surface area contributed by atoms with Crippen molar-refractivity contribution in [1.82, 2.24) is 16.0 Å². The van der Waals surface area contributed by atoms with Gasteiger partial charge in [0.05, 0.1) is 5.41 Å². The summed E-state index contributed by atoms with van der Waals surface area (Å²) in [5.74, 6) is 2.01. The maximum absolute atomic E-state index is 11.9. The van der Waals surface area contributed by atoms with Crippen LogP contribution in [0.5, 0.6) is 0 Å². The second kappa shape index (κ2) is 13.5. The third-order valence-electron chi connectivity index (χ3n) is 2.94. The molecule has 0 spiro atoms. The van der Waals surface area contributed by atoms with Crippen LogP contribution in [0.25, 0.3) is 0 Å². The van der Waals surface area contributed by atoms with Crippen LogP contribution in [-0.2, 0) is 4.79 Å². The molecule has 126 valence electrons. The number of amides is 1. The molecule has 0 aromatic rings. The largest absolute Gasteiger partial charge is 0.356 e. The Morgan fingerprint density at radius 3 is 2.38 bits per heavy atom. The highest BCUT2D eigenvalue weighted by Gasteiger charge is 2.27. The van der Waals surface area contributed by atoms with Crippen molar-refractivity contribution in [3.8, 4) is 0 Å². The molecular weight excluding hydrogens is 399 g/mol. The maximum Gasteiger partial charge on any atom is 0.227 e. The highest BCUT2D eigenvalue weighted by Crippen LogP contribution is 2.13. The monoisotopic (exact) mass is 430 g/mol. The Labute approximate surface area is 150 Å². The summed E-state index contributed by atoms with van der Waals surface area (Å²) in [6.07, 6.45) is 4.45. The number of unbranched alkanes of at least 4 members (excludes halogenated alkanes) is 1. The molecule has 0 rings (SSSR count). The quantitative estimate of drug-likeness (QED) is 0.227. The van der Waals surface area contributed by atoms with Crippen molar-refractivity contribution in [3.05, 3.63) is 0 Å². The number of hydrogen-bond acceptors (Lipinski definition) is 3. The van der Waals surface area contributed by atoms with Crippen LogP contribution in [0, 0.1) is 5.41 Å². The predicted octanol–water partition coefficient (Wildman–Crippen LogP) is 2.07. The molecule has 7 heteroatoms. The fraction of sp³-hybridized carbons (Fsp3) is 0.857. The van der Waals surface area contributed by atoms with E-state index in [1.807, 2.05) is 32.5 Å². The number of aliphatic imine (C=N–C) groups is 1. The average Bonchev–Trinajstić information content (AvgIpc) is 2.42. The van der Waals surface area contributed by atoms with E-state index in [9.17, 15) is 4.79 Å². The lowest BCUT2D eigenvalue weighted by atomic mass is 9.92. The lowest BCUT2D eigenvalue weighted by molar-refractivity contribution is -0.128. The molecule has 0 heterocycles. The molecule has 21 heavy (non-hydrogen) atoms. The first-order chi connectivity index (χ1) is 9.47. The van der Waals surface area contributed by atoms with Gasteiger partial charge in [-0.2, -0.15) is 11.8 Å². The van der Waals surface area contributed by atoms with Crippen LogP contribution in [0.1, 0.15) is 33.6 Å². The summed E-state index contributed by atoms with van der Waals surface area (Å²) in [6, 6.07) is 0. The van der Waals surface area contributed by atoms with Crippen molar-refractivity contribution < 1.29 is 4.79 Å². The Balaban J connectivity index is 0. The number of nitrogens with one attached hydrogen (secondary N) is 3. The summed E-state index contributed by atoms with van der Waals surface area (Å²) in [5.41, 5.74) is -0.452. The van der Waals surface area contributed by atoms with Crippen molar-refractivity contribution in [2.45, 2.75) is 33.6 Å². The van der Waals surface area contributed by atoms with E-state index in [2.05, 4.69) is 27.2 Å². The van der Waals surface area contributed by atoms with Crippen molar-refractivity contribution in [2.24, 2.45) is 10.4 Å². The second-order valence-corrected chi connectivity index (χ2v) is 6.28. The molecule has 0 unspecified atom stereocenters. The molecule has 0 aromatic carbocycles. The molecule has 0 aliphatic heterocycles. The minimum atomic E-state index is -0.452. The fourth-order valence-corrected chi connectivity index (χ4v) is 2.08. The topological polar surface area (TPSA) is 65.5 Å². The summed E-state index contributed by atoms with van der Waals surface area (Å²) >= 11 is 1.87. The van der Waals surface area contributed by atoms with Gasteiger partial charge in [-0.15, -0.1) is 24.0 Å². The third kappa shape index (κ3) is 11.1. The first kappa shape index (κ1) is 23.1. The molecule has 0 saturated carbocycles. The van der Waals surface area contributed by atoms with Gasteiger partial charge in [-0.25, -0.2) is 0 Å². The van der Waals surface area contributed by atoms with Crippen molar-refractivity contribution in [2.75, 3.05) is 38.7 Å². The molecule has 0 aromatic heterocycles. The van der Waals surface area contributed by atoms with Crippen LogP contribution >= 0.6 is 35.7 Å². The van der Waals surface area contributed by atoms with Gasteiger partial charge in [-0.3, -0.25) is 9.79 Å². The van der Waals surface area contributed by atoms with Crippen LogP contribution in [-0.4, -0.2) is 50.6 Å². The Kier molecular flexibility index (Phi) is 14.8. The normalized spacial score (nSPS) is 11.6. The van der Waals surface area contributed by atoms with E-state index in [-0.39, 0.29) is 29.9 Å². The van der Waals surface area contributed by atoms with Gasteiger partial charge in [0.1, 0.15) is 0 Å². The van der Waals surface area contributed by atoms with E-state index in [0.29, 0.717) is 13.1 Å². The highest BCUT2D eigenvalue weighted by molar-refractivity contribution is 14.0. The Morgan fingerprint density at radius 1 is 1.19 bits per heavy atom. The Morgan fingerprint density at radius 2 is 1.86 bits per heavy atom. The molecular formula is C14H31IN4OS.